The summed E-state index contributed by atoms with van der Waals surface area (Å²) in [5.41, 5.74) is 3.09. The quantitative estimate of drug-likeness (QED) is 0.899. The third kappa shape index (κ3) is 2.69. The Morgan fingerprint density at radius 2 is 2.30 bits per heavy atom. The van der Waals surface area contributed by atoms with Gasteiger partial charge >= 0.3 is 0 Å². The zero-order chi connectivity index (χ0) is 16.0. The maximum Gasteiger partial charge on any atom is 0.248 e. The fourth-order valence-electron chi connectivity index (χ4n) is 3.61. The number of amides is 1. The molecule has 3 unspecified atom stereocenters. The number of aromatic nitrogens is 3. The fourth-order valence-corrected chi connectivity index (χ4v) is 3.61. The summed E-state index contributed by atoms with van der Waals surface area (Å²) in [5, 5.41) is 7.35. The van der Waals surface area contributed by atoms with Crippen molar-refractivity contribution in [3.05, 3.63) is 51.7 Å². The van der Waals surface area contributed by atoms with E-state index in [1.165, 1.54) is 0 Å². The molecular weight excluding hydrogens is 292 g/mol. The van der Waals surface area contributed by atoms with Gasteiger partial charge in [0, 0.05) is 30.9 Å². The van der Waals surface area contributed by atoms with Gasteiger partial charge in [-0.3, -0.25) is 14.3 Å². The number of rotatable bonds is 3. The lowest BCUT2D eigenvalue weighted by Gasteiger charge is -2.26. The van der Waals surface area contributed by atoms with E-state index in [1.807, 2.05) is 25.5 Å². The first-order valence-corrected chi connectivity index (χ1v) is 8.13. The Labute approximate surface area is 133 Å². The first kappa shape index (κ1) is 14.2. The van der Waals surface area contributed by atoms with E-state index in [2.05, 4.69) is 15.4 Å². The first-order chi connectivity index (χ1) is 11.1. The number of nitrogens with zero attached hydrogens (tertiary/aromatic N) is 2. The highest BCUT2D eigenvalue weighted by atomic mass is 16.2. The first-order valence-electron chi connectivity index (χ1n) is 8.13. The lowest BCUT2D eigenvalue weighted by atomic mass is 9.91. The number of carbonyl (C=O) groups is 1. The summed E-state index contributed by atoms with van der Waals surface area (Å²) in [4.78, 5) is 26.9. The Bertz CT molecular complexity index is 807. The average Bonchev–Trinajstić information content (AvgIpc) is 3.22. The number of aryl methyl sites for hydroxylation is 2. The van der Waals surface area contributed by atoms with E-state index in [1.54, 1.807) is 10.7 Å². The van der Waals surface area contributed by atoms with Crippen LogP contribution >= 0.6 is 0 Å². The van der Waals surface area contributed by atoms with Crippen molar-refractivity contribution < 1.29 is 4.79 Å². The van der Waals surface area contributed by atoms with E-state index in [4.69, 9.17) is 0 Å². The van der Waals surface area contributed by atoms with E-state index in [-0.39, 0.29) is 23.4 Å². The second-order valence-electron chi connectivity index (χ2n) is 6.61. The van der Waals surface area contributed by atoms with Gasteiger partial charge in [0.1, 0.15) is 0 Å². The third-order valence-corrected chi connectivity index (χ3v) is 4.93. The van der Waals surface area contributed by atoms with Gasteiger partial charge in [0.15, 0.2) is 0 Å². The van der Waals surface area contributed by atoms with Crippen molar-refractivity contribution in [2.45, 2.75) is 37.6 Å². The molecule has 4 rings (SSSR count). The molecule has 23 heavy (non-hydrogen) atoms. The van der Waals surface area contributed by atoms with Gasteiger partial charge < -0.3 is 10.3 Å². The molecule has 2 heterocycles. The molecule has 0 spiro atoms. The van der Waals surface area contributed by atoms with Gasteiger partial charge in [0.05, 0.1) is 12.2 Å². The monoisotopic (exact) mass is 312 g/mol. The Morgan fingerprint density at radius 3 is 3.09 bits per heavy atom. The Morgan fingerprint density at radius 1 is 1.43 bits per heavy atom. The van der Waals surface area contributed by atoms with E-state index >= 15 is 0 Å². The fraction of sp³-hybridized carbons (Fsp3) is 0.471. The number of aromatic amines is 1. The molecule has 120 valence electrons. The maximum atomic E-state index is 12.5. The lowest BCUT2D eigenvalue weighted by Crippen LogP contribution is -2.33. The molecule has 0 saturated heterocycles. The van der Waals surface area contributed by atoms with Gasteiger partial charge in [-0.1, -0.05) is 0 Å². The molecular formula is C17H20N4O2. The molecule has 1 fully saturated rings. The molecule has 0 aromatic carbocycles. The van der Waals surface area contributed by atoms with Gasteiger partial charge in [-0.25, -0.2) is 0 Å². The summed E-state index contributed by atoms with van der Waals surface area (Å²) >= 11 is 0. The van der Waals surface area contributed by atoms with E-state index in [9.17, 15) is 9.59 Å². The molecule has 1 amide bonds. The molecule has 2 N–H and O–H groups in total. The van der Waals surface area contributed by atoms with Gasteiger partial charge in [-0.2, -0.15) is 5.10 Å². The number of nitrogens with one attached hydrogen (secondary N) is 2. The molecule has 0 aliphatic heterocycles. The molecule has 6 heteroatoms. The van der Waals surface area contributed by atoms with Crippen molar-refractivity contribution in [2.75, 3.05) is 0 Å². The highest BCUT2D eigenvalue weighted by Crippen LogP contribution is 2.47. The van der Waals surface area contributed by atoms with Crippen molar-refractivity contribution in [3.63, 3.8) is 0 Å². The summed E-state index contributed by atoms with van der Waals surface area (Å²) in [6.45, 7) is 0. The second kappa shape index (κ2) is 5.37. The molecule has 2 aromatic heterocycles. The van der Waals surface area contributed by atoms with Crippen LogP contribution in [0.25, 0.3) is 0 Å². The molecule has 2 aliphatic rings. The molecule has 0 bridgehead atoms. The Kier molecular flexibility index (Phi) is 3.32. The predicted octanol–water partition coefficient (Wildman–Crippen LogP) is 1.41. The Hall–Kier alpha value is -2.37. The summed E-state index contributed by atoms with van der Waals surface area (Å²) in [5.74, 6) is 0.456. The predicted molar refractivity (Wildman–Crippen MR) is 84.9 cm³/mol. The van der Waals surface area contributed by atoms with Crippen molar-refractivity contribution >= 4 is 5.91 Å². The molecule has 2 aromatic rings. The highest BCUT2D eigenvalue weighted by molar-refractivity contribution is 5.83. The van der Waals surface area contributed by atoms with Gasteiger partial charge in [0.25, 0.3) is 0 Å². The molecule has 0 radical (unpaired) electrons. The maximum absolute atomic E-state index is 12.5. The standard InChI is InChI=1S/C17H20N4O2/c1-21-9-10(8-18-21)12-7-13(12)17(23)20-15-4-2-3-14-11(15)5-6-16(22)19-14/h5-6,8-9,12-13,15H,2-4,7H2,1H3,(H,19,22)(H,20,23). The van der Waals surface area contributed by atoms with E-state index in [0.29, 0.717) is 5.92 Å². The van der Waals surface area contributed by atoms with Crippen LogP contribution in [0.5, 0.6) is 0 Å². The average molecular weight is 312 g/mol. The van der Waals surface area contributed by atoms with Crippen LogP contribution < -0.4 is 10.9 Å². The van der Waals surface area contributed by atoms with Gasteiger partial charge in [-0.15, -0.1) is 0 Å². The summed E-state index contributed by atoms with van der Waals surface area (Å²) in [7, 11) is 1.89. The summed E-state index contributed by atoms with van der Waals surface area (Å²) in [6.07, 6.45) is 7.50. The minimum absolute atomic E-state index is 0.0123. The SMILES string of the molecule is Cn1cc(C2CC2C(=O)NC2CCCc3[nH]c(=O)ccc32)cn1. The number of carbonyl (C=O) groups excluding carboxylic acids is 1. The van der Waals surface area contributed by atoms with E-state index in [0.717, 1.165) is 42.5 Å². The number of pyridine rings is 1. The van der Waals surface area contributed by atoms with Crippen molar-refractivity contribution in [2.24, 2.45) is 13.0 Å². The third-order valence-electron chi connectivity index (χ3n) is 4.93. The number of fused-ring (bicyclic) bond motifs is 1. The van der Waals surface area contributed by atoms with E-state index < -0.39 is 0 Å². The Balaban J connectivity index is 1.46. The van der Waals surface area contributed by atoms with Gasteiger partial charge in [0.2, 0.25) is 11.5 Å². The van der Waals surface area contributed by atoms with Crippen LogP contribution in [-0.2, 0) is 18.3 Å². The van der Waals surface area contributed by atoms with Crippen LogP contribution in [0.3, 0.4) is 0 Å². The zero-order valence-electron chi connectivity index (χ0n) is 13.1. The molecule has 1 saturated carbocycles. The van der Waals surface area contributed by atoms with Crippen LogP contribution in [0.2, 0.25) is 0 Å². The highest BCUT2D eigenvalue weighted by Gasteiger charge is 2.45. The van der Waals surface area contributed by atoms with Crippen molar-refractivity contribution in [1.82, 2.24) is 20.1 Å². The normalized spacial score (nSPS) is 25.7. The van der Waals surface area contributed by atoms with Crippen molar-refractivity contribution in [3.8, 4) is 0 Å². The minimum atomic E-state index is -0.0745. The van der Waals surface area contributed by atoms with Crippen LogP contribution in [0.4, 0.5) is 0 Å². The largest absolute Gasteiger partial charge is 0.349 e. The number of hydrogen-bond acceptors (Lipinski definition) is 3. The van der Waals surface area contributed by atoms with Crippen LogP contribution in [-0.4, -0.2) is 20.7 Å². The minimum Gasteiger partial charge on any atom is -0.349 e. The summed E-state index contributed by atoms with van der Waals surface area (Å²) < 4.78 is 1.77. The van der Waals surface area contributed by atoms with Gasteiger partial charge in [-0.05, 0) is 48.8 Å². The lowest BCUT2D eigenvalue weighted by molar-refractivity contribution is -0.123. The molecule has 2 aliphatic carbocycles. The van der Waals surface area contributed by atoms with Crippen LogP contribution in [0.1, 0.15) is 48.0 Å². The number of H-pyrrole nitrogens is 1. The van der Waals surface area contributed by atoms with Crippen molar-refractivity contribution in [1.29, 1.82) is 0 Å². The second-order valence-corrected chi connectivity index (χ2v) is 6.61. The smallest absolute Gasteiger partial charge is 0.248 e. The molecule has 6 nitrogen and oxygen atoms in total. The van der Waals surface area contributed by atoms with Crippen LogP contribution in [0.15, 0.2) is 29.3 Å². The molecule has 3 atom stereocenters. The zero-order valence-corrected chi connectivity index (χ0v) is 13.1. The van der Waals surface area contributed by atoms with Crippen LogP contribution in [0, 0.1) is 5.92 Å². The topological polar surface area (TPSA) is 79.8 Å². The number of hydrogen-bond donors (Lipinski definition) is 2. The summed E-state index contributed by atoms with van der Waals surface area (Å²) in [6, 6.07) is 3.40.